The third kappa shape index (κ3) is 3.63. The normalized spacial score (nSPS) is 20.3. The van der Waals surface area contributed by atoms with Gasteiger partial charge in [0, 0.05) is 43.7 Å². The van der Waals surface area contributed by atoms with Crippen LogP contribution in [-0.2, 0) is 11.2 Å². The molecule has 5 rings (SSSR count). The van der Waals surface area contributed by atoms with E-state index in [2.05, 4.69) is 39.8 Å². The fourth-order valence-electron chi connectivity index (χ4n) is 4.66. The molecule has 2 unspecified atom stereocenters. The van der Waals surface area contributed by atoms with Crippen molar-refractivity contribution in [1.29, 1.82) is 0 Å². The lowest BCUT2D eigenvalue weighted by Crippen LogP contribution is -2.41. The highest BCUT2D eigenvalue weighted by Gasteiger charge is 2.32. The van der Waals surface area contributed by atoms with Crippen molar-refractivity contribution in [3.8, 4) is 11.6 Å². The number of aromatic nitrogens is 5. The van der Waals surface area contributed by atoms with Crippen molar-refractivity contribution in [2.24, 2.45) is 5.73 Å². The quantitative estimate of drug-likeness (QED) is 0.670. The Labute approximate surface area is 186 Å². The van der Waals surface area contributed by atoms with Crippen molar-refractivity contribution in [2.75, 3.05) is 22.9 Å². The molecule has 0 aromatic carbocycles. The Kier molecular flexibility index (Phi) is 5.16. The van der Waals surface area contributed by atoms with E-state index in [0.29, 0.717) is 11.6 Å². The van der Waals surface area contributed by atoms with Crippen LogP contribution in [-0.4, -0.2) is 50.0 Å². The number of pyridine rings is 1. The maximum absolute atomic E-state index is 11.9. The Balaban J connectivity index is 1.45. The molecule has 1 fully saturated rings. The van der Waals surface area contributed by atoms with E-state index in [1.807, 2.05) is 17.2 Å². The molecule has 32 heavy (non-hydrogen) atoms. The zero-order valence-corrected chi connectivity index (χ0v) is 18.3. The number of primary amides is 1. The van der Waals surface area contributed by atoms with Gasteiger partial charge in [-0.2, -0.15) is 0 Å². The molecule has 2 N–H and O–H groups in total. The second-order valence-corrected chi connectivity index (χ2v) is 8.40. The second-order valence-electron chi connectivity index (χ2n) is 8.40. The molecule has 2 aliphatic heterocycles. The summed E-state index contributed by atoms with van der Waals surface area (Å²) in [4.78, 5) is 38.9. The van der Waals surface area contributed by atoms with E-state index in [9.17, 15) is 4.79 Å². The number of rotatable bonds is 4. The summed E-state index contributed by atoms with van der Waals surface area (Å²) in [5, 5.41) is 0. The number of hydrogen-bond donors (Lipinski definition) is 1. The van der Waals surface area contributed by atoms with E-state index in [0.717, 1.165) is 60.8 Å². The third-order valence-corrected chi connectivity index (χ3v) is 6.29. The Hall–Kier alpha value is -3.62. The molecule has 0 spiro atoms. The van der Waals surface area contributed by atoms with Gasteiger partial charge in [-0.05, 0) is 50.5 Å². The van der Waals surface area contributed by atoms with Crippen LogP contribution in [0.1, 0.15) is 42.6 Å². The number of nitrogens with two attached hydrogens (primary N) is 1. The van der Waals surface area contributed by atoms with Crippen molar-refractivity contribution in [3.63, 3.8) is 0 Å². The molecule has 0 aliphatic carbocycles. The molecular weight excluding hydrogens is 404 g/mol. The molecule has 3 aromatic rings. The van der Waals surface area contributed by atoms with E-state index < -0.39 is 0 Å². The standard InChI is InChI=1S/C23H26N8O/c1-14-11-19(29-20(12-14)31-9-3-5-18(31)21(24)32)30-10-6-17-16(15(30)2)13-27-23(28-17)22-25-7-4-8-26-22/h4,7-8,11-13,15,18H,3,5-6,9-10H2,1-2H3,(H2,24,32). The zero-order valence-electron chi connectivity index (χ0n) is 18.3. The molecule has 3 aromatic heterocycles. The van der Waals surface area contributed by atoms with Crippen LogP contribution in [0.2, 0.25) is 0 Å². The number of hydrogen-bond acceptors (Lipinski definition) is 8. The first-order valence-corrected chi connectivity index (χ1v) is 11.0. The lowest BCUT2D eigenvalue weighted by molar-refractivity contribution is -0.119. The van der Waals surface area contributed by atoms with Crippen LogP contribution in [0, 0.1) is 6.92 Å². The number of aryl methyl sites for hydroxylation is 1. The van der Waals surface area contributed by atoms with Crippen molar-refractivity contribution < 1.29 is 4.79 Å². The minimum Gasteiger partial charge on any atom is -0.368 e. The molecule has 0 saturated carbocycles. The van der Waals surface area contributed by atoms with E-state index in [4.69, 9.17) is 15.7 Å². The first-order valence-electron chi connectivity index (χ1n) is 11.0. The van der Waals surface area contributed by atoms with Gasteiger partial charge in [0.25, 0.3) is 0 Å². The fraction of sp³-hybridized carbons (Fsp3) is 0.391. The minimum atomic E-state index is -0.289. The molecule has 1 amide bonds. The van der Waals surface area contributed by atoms with Crippen molar-refractivity contribution in [1.82, 2.24) is 24.9 Å². The molecular formula is C23H26N8O. The van der Waals surface area contributed by atoms with E-state index in [1.165, 1.54) is 0 Å². The summed E-state index contributed by atoms with van der Waals surface area (Å²) in [5.41, 5.74) is 8.84. The average Bonchev–Trinajstić information content (AvgIpc) is 3.30. The maximum Gasteiger partial charge on any atom is 0.240 e. The molecule has 164 valence electrons. The van der Waals surface area contributed by atoms with Gasteiger partial charge < -0.3 is 15.5 Å². The van der Waals surface area contributed by atoms with Gasteiger partial charge in [0.15, 0.2) is 11.6 Å². The van der Waals surface area contributed by atoms with Gasteiger partial charge in [-0.25, -0.2) is 24.9 Å². The van der Waals surface area contributed by atoms with Gasteiger partial charge in [-0.15, -0.1) is 0 Å². The zero-order chi connectivity index (χ0) is 22.2. The monoisotopic (exact) mass is 430 g/mol. The fourth-order valence-corrected chi connectivity index (χ4v) is 4.66. The Bertz CT molecular complexity index is 1150. The SMILES string of the molecule is Cc1cc(N2CCCC2C(N)=O)nc(N2CCc3nc(-c4ncccn4)ncc3C2C)c1. The second kappa shape index (κ2) is 8.14. The van der Waals surface area contributed by atoms with Gasteiger partial charge in [-0.3, -0.25) is 4.79 Å². The number of amides is 1. The number of carbonyl (C=O) groups is 1. The number of anilines is 2. The summed E-state index contributed by atoms with van der Waals surface area (Å²) in [6.45, 7) is 5.78. The first kappa shape index (κ1) is 20.3. The summed E-state index contributed by atoms with van der Waals surface area (Å²) in [7, 11) is 0. The summed E-state index contributed by atoms with van der Waals surface area (Å²) in [6, 6.07) is 5.68. The average molecular weight is 431 g/mol. The molecule has 0 radical (unpaired) electrons. The van der Waals surface area contributed by atoms with Gasteiger partial charge in [0.1, 0.15) is 17.7 Å². The molecule has 2 aliphatic rings. The van der Waals surface area contributed by atoms with Gasteiger partial charge in [0.2, 0.25) is 5.91 Å². The van der Waals surface area contributed by atoms with E-state index in [1.54, 1.807) is 18.5 Å². The summed E-state index contributed by atoms with van der Waals surface area (Å²) in [6.07, 6.45) is 7.76. The lowest BCUT2D eigenvalue weighted by atomic mass is 9.99. The van der Waals surface area contributed by atoms with Gasteiger partial charge >= 0.3 is 0 Å². The first-order chi connectivity index (χ1) is 15.5. The highest BCUT2D eigenvalue weighted by molar-refractivity contribution is 5.84. The Morgan fingerprint density at radius 1 is 1.03 bits per heavy atom. The van der Waals surface area contributed by atoms with Crippen LogP contribution in [0.4, 0.5) is 11.6 Å². The molecule has 5 heterocycles. The van der Waals surface area contributed by atoms with Crippen LogP contribution in [0.15, 0.2) is 36.8 Å². The Morgan fingerprint density at radius 3 is 2.53 bits per heavy atom. The predicted octanol–water partition coefficient (Wildman–Crippen LogP) is 2.21. The summed E-state index contributed by atoms with van der Waals surface area (Å²) < 4.78 is 0. The molecule has 2 atom stereocenters. The summed E-state index contributed by atoms with van der Waals surface area (Å²) in [5.74, 6) is 2.50. The van der Waals surface area contributed by atoms with Crippen LogP contribution >= 0.6 is 0 Å². The van der Waals surface area contributed by atoms with Crippen molar-refractivity contribution in [3.05, 3.63) is 53.6 Å². The summed E-state index contributed by atoms with van der Waals surface area (Å²) >= 11 is 0. The maximum atomic E-state index is 11.9. The van der Waals surface area contributed by atoms with E-state index in [-0.39, 0.29) is 18.0 Å². The topological polar surface area (TPSA) is 114 Å². The Morgan fingerprint density at radius 2 is 1.78 bits per heavy atom. The highest BCUT2D eigenvalue weighted by Crippen LogP contribution is 2.34. The molecule has 0 bridgehead atoms. The van der Waals surface area contributed by atoms with E-state index >= 15 is 0 Å². The van der Waals surface area contributed by atoms with Gasteiger partial charge in [0.05, 0.1) is 11.7 Å². The van der Waals surface area contributed by atoms with Crippen LogP contribution in [0.5, 0.6) is 0 Å². The van der Waals surface area contributed by atoms with Crippen LogP contribution < -0.4 is 15.5 Å². The number of fused-ring (bicyclic) bond motifs is 1. The minimum absolute atomic E-state index is 0.0668. The van der Waals surface area contributed by atoms with Gasteiger partial charge in [-0.1, -0.05) is 0 Å². The lowest BCUT2D eigenvalue weighted by Gasteiger charge is -2.36. The van der Waals surface area contributed by atoms with Crippen LogP contribution in [0.25, 0.3) is 11.6 Å². The number of carbonyl (C=O) groups excluding carboxylic acids is 1. The molecule has 1 saturated heterocycles. The highest BCUT2D eigenvalue weighted by atomic mass is 16.1. The largest absolute Gasteiger partial charge is 0.368 e. The third-order valence-electron chi connectivity index (χ3n) is 6.29. The predicted molar refractivity (Wildman–Crippen MR) is 121 cm³/mol. The smallest absolute Gasteiger partial charge is 0.240 e. The van der Waals surface area contributed by atoms with Crippen LogP contribution in [0.3, 0.4) is 0 Å². The molecule has 9 heteroatoms. The molecule has 9 nitrogen and oxygen atoms in total. The number of nitrogens with zero attached hydrogens (tertiary/aromatic N) is 7. The van der Waals surface area contributed by atoms with Crippen molar-refractivity contribution >= 4 is 17.5 Å². The van der Waals surface area contributed by atoms with Crippen molar-refractivity contribution in [2.45, 2.75) is 45.2 Å².